The topological polar surface area (TPSA) is 12.0 Å². The molecule has 0 spiro atoms. The average Bonchev–Trinajstić information content (AvgIpc) is 2.77. The van der Waals surface area contributed by atoms with Crippen LogP contribution in [0, 0.1) is 5.82 Å². The van der Waals surface area contributed by atoms with E-state index in [4.69, 9.17) is 23.2 Å². The fourth-order valence-electron chi connectivity index (χ4n) is 2.04. The minimum absolute atomic E-state index is 0.0330. The maximum atomic E-state index is 13.4. The predicted octanol–water partition coefficient (Wildman–Crippen LogP) is 4.29. The highest BCUT2D eigenvalue weighted by molar-refractivity contribution is 7.99. The fourth-order valence-corrected chi connectivity index (χ4v) is 3.91. The van der Waals surface area contributed by atoms with E-state index in [0.29, 0.717) is 16.6 Å². The number of hydrogen-bond acceptors (Lipinski definition) is 2. The molecular weight excluding hydrogens is 280 g/mol. The highest BCUT2D eigenvalue weighted by Gasteiger charge is 2.22. The number of hydrogen-bond donors (Lipinski definition) is 1. The van der Waals surface area contributed by atoms with Crippen LogP contribution < -0.4 is 5.32 Å². The molecule has 5 heteroatoms. The quantitative estimate of drug-likeness (QED) is 0.835. The van der Waals surface area contributed by atoms with Crippen molar-refractivity contribution < 1.29 is 4.39 Å². The van der Waals surface area contributed by atoms with E-state index < -0.39 is 5.82 Å². The van der Waals surface area contributed by atoms with Crippen LogP contribution in [0.2, 0.25) is 10.0 Å². The molecular formula is C12H14Cl2FNS. The first-order valence-electron chi connectivity index (χ1n) is 5.56. The van der Waals surface area contributed by atoms with Crippen molar-refractivity contribution in [2.75, 3.05) is 11.5 Å². The molecule has 1 aliphatic rings. The molecule has 1 aliphatic heterocycles. The van der Waals surface area contributed by atoms with E-state index >= 15 is 0 Å². The summed E-state index contributed by atoms with van der Waals surface area (Å²) in [6, 6.07) is 3.28. The largest absolute Gasteiger partial charge is 0.306 e. The van der Waals surface area contributed by atoms with Gasteiger partial charge in [-0.05, 0) is 31.2 Å². The molecule has 0 radical (unpaired) electrons. The zero-order chi connectivity index (χ0) is 12.4. The summed E-state index contributed by atoms with van der Waals surface area (Å²) in [6.45, 7) is 1.97. The monoisotopic (exact) mass is 293 g/mol. The lowest BCUT2D eigenvalue weighted by molar-refractivity contribution is 0.484. The van der Waals surface area contributed by atoms with Gasteiger partial charge in [-0.2, -0.15) is 11.8 Å². The Balaban J connectivity index is 2.17. The van der Waals surface area contributed by atoms with Crippen LogP contribution in [0.4, 0.5) is 4.39 Å². The van der Waals surface area contributed by atoms with Gasteiger partial charge in [0.25, 0.3) is 0 Å². The van der Waals surface area contributed by atoms with Gasteiger partial charge in [-0.15, -0.1) is 0 Å². The Hall–Kier alpha value is 0.0400. The van der Waals surface area contributed by atoms with Gasteiger partial charge >= 0.3 is 0 Å². The van der Waals surface area contributed by atoms with E-state index in [-0.39, 0.29) is 11.1 Å². The maximum Gasteiger partial charge on any atom is 0.142 e. The molecule has 0 bridgehead atoms. The van der Waals surface area contributed by atoms with Crippen molar-refractivity contribution in [1.82, 2.24) is 5.32 Å². The first kappa shape index (κ1) is 13.5. The highest BCUT2D eigenvalue weighted by Crippen LogP contribution is 2.33. The number of thioether (sulfide) groups is 1. The summed E-state index contributed by atoms with van der Waals surface area (Å²) < 4.78 is 13.4. The lowest BCUT2D eigenvalue weighted by Crippen LogP contribution is -2.31. The van der Waals surface area contributed by atoms with Gasteiger partial charge in [0.1, 0.15) is 5.82 Å². The van der Waals surface area contributed by atoms with Gasteiger partial charge in [0.15, 0.2) is 0 Å². The van der Waals surface area contributed by atoms with Crippen molar-refractivity contribution in [3.8, 4) is 0 Å². The Bertz CT molecular complexity index is 408. The van der Waals surface area contributed by atoms with E-state index in [0.717, 1.165) is 12.2 Å². The van der Waals surface area contributed by atoms with Gasteiger partial charge in [0.05, 0.1) is 5.02 Å². The van der Waals surface area contributed by atoms with E-state index in [2.05, 4.69) is 5.32 Å². The van der Waals surface area contributed by atoms with Crippen molar-refractivity contribution in [2.45, 2.75) is 25.4 Å². The van der Waals surface area contributed by atoms with Crippen LogP contribution in [0.1, 0.15) is 24.9 Å². The standard InChI is InChI=1S/C12H14Cl2FNS/c1-7(16-8-4-5-17-6-8)11-9(13)2-3-10(15)12(11)14/h2-3,7-8,16H,4-6H2,1H3. The second kappa shape index (κ2) is 5.79. The van der Waals surface area contributed by atoms with Crippen molar-refractivity contribution in [3.63, 3.8) is 0 Å². The summed E-state index contributed by atoms with van der Waals surface area (Å²) in [6.07, 6.45) is 1.14. The highest BCUT2D eigenvalue weighted by atomic mass is 35.5. The number of halogens is 3. The summed E-state index contributed by atoms with van der Waals surface area (Å²) in [5, 5.41) is 4.09. The number of rotatable bonds is 3. The maximum absolute atomic E-state index is 13.4. The van der Waals surface area contributed by atoms with Crippen molar-refractivity contribution in [2.24, 2.45) is 0 Å². The fraction of sp³-hybridized carbons (Fsp3) is 0.500. The molecule has 1 fully saturated rings. The van der Waals surface area contributed by atoms with Crippen LogP contribution in [0.3, 0.4) is 0 Å². The molecule has 94 valence electrons. The molecule has 1 aromatic carbocycles. The third-order valence-corrected chi connectivity index (χ3v) is 4.80. The first-order chi connectivity index (χ1) is 8.09. The molecule has 0 saturated carbocycles. The third kappa shape index (κ3) is 3.08. The molecule has 1 N–H and O–H groups in total. The molecule has 1 aromatic rings. The molecule has 0 aromatic heterocycles. The summed E-state index contributed by atoms with van der Waals surface area (Å²) in [7, 11) is 0. The van der Waals surface area contributed by atoms with Crippen LogP contribution in [0.15, 0.2) is 12.1 Å². The van der Waals surface area contributed by atoms with Crippen LogP contribution in [-0.2, 0) is 0 Å². The van der Waals surface area contributed by atoms with E-state index in [1.165, 1.54) is 11.8 Å². The average molecular weight is 294 g/mol. The SMILES string of the molecule is CC(NC1CCSC1)c1c(Cl)ccc(F)c1Cl. The van der Waals surface area contributed by atoms with Crippen LogP contribution >= 0.6 is 35.0 Å². The zero-order valence-corrected chi connectivity index (χ0v) is 11.8. The van der Waals surface area contributed by atoms with Gasteiger partial charge < -0.3 is 5.32 Å². The summed E-state index contributed by atoms with van der Waals surface area (Å²) in [5.74, 6) is 1.85. The van der Waals surface area contributed by atoms with Crippen LogP contribution in [0.25, 0.3) is 0 Å². The Labute approximate surface area is 115 Å². The molecule has 17 heavy (non-hydrogen) atoms. The zero-order valence-electron chi connectivity index (χ0n) is 9.47. The van der Waals surface area contributed by atoms with Gasteiger partial charge in [-0.1, -0.05) is 23.2 Å². The smallest absolute Gasteiger partial charge is 0.142 e. The normalized spacial score (nSPS) is 21.8. The number of nitrogens with one attached hydrogen (secondary N) is 1. The summed E-state index contributed by atoms with van der Waals surface area (Å²) in [5.41, 5.74) is 0.658. The Morgan fingerprint density at radius 2 is 2.24 bits per heavy atom. The molecule has 2 atom stereocenters. The second-order valence-electron chi connectivity index (χ2n) is 4.21. The molecule has 2 unspecified atom stereocenters. The van der Waals surface area contributed by atoms with Crippen molar-refractivity contribution in [3.05, 3.63) is 33.6 Å². The van der Waals surface area contributed by atoms with E-state index in [9.17, 15) is 4.39 Å². The molecule has 2 rings (SSSR count). The Kier molecular flexibility index (Phi) is 4.59. The minimum Gasteiger partial charge on any atom is -0.306 e. The molecule has 0 amide bonds. The third-order valence-electron chi connectivity index (χ3n) is 2.93. The molecule has 0 aliphatic carbocycles. The minimum atomic E-state index is -0.416. The second-order valence-corrected chi connectivity index (χ2v) is 6.14. The van der Waals surface area contributed by atoms with Gasteiger partial charge in [0, 0.05) is 28.4 Å². The lowest BCUT2D eigenvalue weighted by atomic mass is 10.1. The van der Waals surface area contributed by atoms with Gasteiger partial charge in [-0.25, -0.2) is 4.39 Å². The Morgan fingerprint density at radius 1 is 1.47 bits per heavy atom. The number of benzene rings is 1. The van der Waals surface area contributed by atoms with Crippen LogP contribution in [0.5, 0.6) is 0 Å². The molecule has 1 saturated heterocycles. The summed E-state index contributed by atoms with van der Waals surface area (Å²) in [4.78, 5) is 0. The molecule has 1 heterocycles. The Morgan fingerprint density at radius 3 is 2.88 bits per heavy atom. The summed E-state index contributed by atoms with van der Waals surface area (Å²) >= 11 is 14.0. The van der Waals surface area contributed by atoms with Gasteiger partial charge in [0.2, 0.25) is 0 Å². The van der Waals surface area contributed by atoms with Crippen LogP contribution in [-0.4, -0.2) is 17.5 Å². The lowest BCUT2D eigenvalue weighted by Gasteiger charge is -2.21. The van der Waals surface area contributed by atoms with E-state index in [1.807, 2.05) is 18.7 Å². The van der Waals surface area contributed by atoms with Crippen molar-refractivity contribution in [1.29, 1.82) is 0 Å². The van der Waals surface area contributed by atoms with E-state index in [1.54, 1.807) is 6.07 Å². The van der Waals surface area contributed by atoms with Crippen molar-refractivity contribution >= 4 is 35.0 Å². The van der Waals surface area contributed by atoms with Gasteiger partial charge in [-0.3, -0.25) is 0 Å². The predicted molar refractivity (Wildman–Crippen MR) is 73.7 cm³/mol. The molecule has 1 nitrogen and oxygen atoms in total. The first-order valence-corrected chi connectivity index (χ1v) is 7.48.